The highest BCUT2D eigenvalue weighted by Gasteiger charge is 2.52. The molecule has 9 rings (SSSR count). The minimum atomic E-state index is -0.361. The van der Waals surface area contributed by atoms with Crippen molar-refractivity contribution in [2.45, 2.75) is 69.1 Å². The second-order valence-electron chi connectivity index (χ2n) is 12.7. The van der Waals surface area contributed by atoms with Gasteiger partial charge in [0.25, 0.3) is 0 Å². The normalized spacial score (nSPS) is 38.4. The molecule has 0 radical (unpaired) electrons. The second-order valence-corrected chi connectivity index (χ2v) is 12.7. The zero-order chi connectivity index (χ0) is 25.1. The Bertz CT molecular complexity index is 1180. The summed E-state index contributed by atoms with van der Waals surface area (Å²) in [7, 11) is 1.69. The van der Waals surface area contributed by atoms with Crippen LogP contribution in [-0.2, 0) is 4.74 Å². The highest BCUT2D eigenvalue weighted by Crippen LogP contribution is 2.55. The van der Waals surface area contributed by atoms with Gasteiger partial charge in [0.05, 0.1) is 18.7 Å². The van der Waals surface area contributed by atoms with Gasteiger partial charge in [-0.2, -0.15) is 0 Å². The Morgan fingerprint density at radius 1 is 1.16 bits per heavy atom. The number of pyridine rings is 1. The van der Waals surface area contributed by atoms with Crippen LogP contribution in [0.1, 0.15) is 63.0 Å². The number of nitrogens with one attached hydrogen (secondary N) is 1. The third kappa shape index (κ3) is 4.12. The van der Waals surface area contributed by atoms with Crippen LogP contribution in [0.25, 0.3) is 10.9 Å². The van der Waals surface area contributed by atoms with E-state index in [9.17, 15) is 4.79 Å². The molecule has 6 heteroatoms. The monoisotopic (exact) mass is 501 g/mol. The molecule has 7 fully saturated rings. The number of benzene rings is 1. The van der Waals surface area contributed by atoms with Crippen LogP contribution < -0.4 is 10.1 Å². The van der Waals surface area contributed by atoms with Crippen molar-refractivity contribution in [3.05, 3.63) is 48.7 Å². The lowest BCUT2D eigenvalue weighted by atomic mass is 9.53. The molecule has 196 valence electrons. The lowest BCUT2D eigenvalue weighted by molar-refractivity contribution is -0.0580. The van der Waals surface area contributed by atoms with Crippen molar-refractivity contribution in [2.75, 3.05) is 20.2 Å². The fourth-order valence-electron chi connectivity index (χ4n) is 9.19. The van der Waals surface area contributed by atoms with Crippen LogP contribution in [0.2, 0.25) is 0 Å². The van der Waals surface area contributed by atoms with Crippen molar-refractivity contribution in [1.29, 1.82) is 0 Å². The Labute approximate surface area is 219 Å². The van der Waals surface area contributed by atoms with Crippen molar-refractivity contribution < 1.29 is 14.3 Å². The van der Waals surface area contributed by atoms with Gasteiger partial charge in [0.2, 0.25) is 0 Å². The standard InChI is InChI=1S/C31H39N3O3/c1-3-22-18-34-9-7-23(22)13-28(34)29(25-6-8-32-27-5-4-24(36-2)14-26(25)27)37-30(35)33-31-15-19-10-20(16-31)12-21(11-19)17-31/h3-6,8,14,19-23,28-29H,1,7,9-13,15-18H2,2H3,(H,33,35). The molecule has 4 aliphatic carbocycles. The maximum atomic E-state index is 13.7. The number of ether oxygens (including phenoxy) is 2. The first-order valence-corrected chi connectivity index (χ1v) is 14.3. The summed E-state index contributed by atoms with van der Waals surface area (Å²) in [6.45, 7) is 6.13. The molecule has 4 saturated carbocycles. The van der Waals surface area contributed by atoms with Gasteiger partial charge in [-0.15, -0.1) is 6.58 Å². The van der Waals surface area contributed by atoms with Gasteiger partial charge in [-0.25, -0.2) is 4.79 Å². The molecule has 6 nitrogen and oxygen atoms in total. The zero-order valence-electron chi connectivity index (χ0n) is 21.9. The van der Waals surface area contributed by atoms with E-state index >= 15 is 0 Å². The molecule has 6 bridgehead atoms. The maximum absolute atomic E-state index is 13.7. The molecule has 1 amide bonds. The zero-order valence-corrected chi connectivity index (χ0v) is 21.9. The van der Waals surface area contributed by atoms with E-state index < -0.39 is 0 Å². The van der Waals surface area contributed by atoms with Gasteiger partial charge in [0, 0.05) is 29.2 Å². The highest BCUT2D eigenvalue weighted by molar-refractivity contribution is 5.84. The number of methoxy groups -OCH3 is 1. The van der Waals surface area contributed by atoms with Gasteiger partial charge < -0.3 is 14.8 Å². The van der Waals surface area contributed by atoms with Gasteiger partial charge in [-0.1, -0.05) is 6.08 Å². The first-order chi connectivity index (χ1) is 18.0. The number of hydrogen-bond acceptors (Lipinski definition) is 5. The molecule has 5 atom stereocenters. The Morgan fingerprint density at radius 3 is 2.57 bits per heavy atom. The SMILES string of the molecule is C=CC1CN2CCC1CC2C(OC(=O)NC12CC3CC(CC(C3)C1)C2)c1ccnc2ccc(OC)cc12. The van der Waals surface area contributed by atoms with Crippen LogP contribution in [0, 0.1) is 29.6 Å². The van der Waals surface area contributed by atoms with Gasteiger partial charge in [-0.3, -0.25) is 9.88 Å². The molecular formula is C31H39N3O3. The van der Waals surface area contributed by atoms with Crippen LogP contribution in [0.4, 0.5) is 4.79 Å². The van der Waals surface area contributed by atoms with E-state index in [2.05, 4.69) is 27.9 Å². The minimum Gasteiger partial charge on any atom is -0.497 e. The number of nitrogens with zero attached hydrogens (tertiary/aromatic N) is 2. The van der Waals surface area contributed by atoms with Gasteiger partial charge in [0.1, 0.15) is 11.9 Å². The molecule has 0 spiro atoms. The summed E-state index contributed by atoms with van der Waals surface area (Å²) in [5.41, 5.74) is 1.85. The summed E-state index contributed by atoms with van der Waals surface area (Å²) in [4.78, 5) is 20.9. The quantitative estimate of drug-likeness (QED) is 0.501. The smallest absolute Gasteiger partial charge is 0.408 e. The van der Waals surface area contributed by atoms with Crippen molar-refractivity contribution >= 4 is 17.0 Å². The summed E-state index contributed by atoms with van der Waals surface area (Å²) in [6.07, 6.45) is 13.0. The lowest BCUT2D eigenvalue weighted by Crippen LogP contribution is -2.60. The van der Waals surface area contributed by atoms with E-state index in [1.807, 2.05) is 30.5 Å². The topological polar surface area (TPSA) is 63.7 Å². The summed E-state index contributed by atoms with van der Waals surface area (Å²) in [5, 5.41) is 4.46. The third-order valence-corrected chi connectivity index (χ3v) is 10.4. The van der Waals surface area contributed by atoms with Crippen molar-refractivity contribution in [1.82, 2.24) is 15.2 Å². The molecule has 7 aliphatic rings. The molecule has 3 aliphatic heterocycles. The van der Waals surface area contributed by atoms with Crippen molar-refractivity contribution in [3.63, 3.8) is 0 Å². The van der Waals surface area contributed by atoms with Gasteiger partial charge in [-0.05, 0) is 112 Å². The van der Waals surface area contributed by atoms with Crippen LogP contribution >= 0.6 is 0 Å². The number of rotatable bonds is 6. The molecule has 1 N–H and O–H groups in total. The number of carbonyl (C=O) groups excluding carboxylic acids is 1. The van der Waals surface area contributed by atoms with E-state index in [0.29, 0.717) is 11.8 Å². The second kappa shape index (κ2) is 9.00. The highest BCUT2D eigenvalue weighted by atomic mass is 16.6. The van der Waals surface area contributed by atoms with Crippen LogP contribution in [0.15, 0.2) is 43.1 Å². The van der Waals surface area contributed by atoms with Crippen LogP contribution in [0.5, 0.6) is 5.75 Å². The fraction of sp³-hybridized carbons (Fsp3) is 0.613. The minimum absolute atomic E-state index is 0.0697. The molecule has 1 aromatic heterocycles. The summed E-state index contributed by atoms with van der Waals surface area (Å²) in [5.74, 6) is 4.21. The molecule has 37 heavy (non-hydrogen) atoms. The predicted molar refractivity (Wildman–Crippen MR) is 143 cm³/mol. The Hall–Kier alpha value is -2.60. The first kappa shape index (κ1) is 23.5. The molecule has 1 aromatic carbocycles. The maximum Gasteiger partial charge on any atom is 0.408 e. The van der Waals surface area contributed by atoms with E-state index in [4.69, 9.17) is 9.47 Å². The fourth-order valence-corrected chi connectivity index (χ4v) is 9.19. The Morgan fingerprint density at radius 2 is 1.92 bits per heavy atom. The average Bonchev–Trinajstić information content (AvgIpc) is 2.90. The first-order valence-electron chi connectivity index (χ1n) is 14.3. The Kier molecular flexibility index (Phi) is 5.72. The van der Waals surface area contributed by atoms with Gasteiger partial charge in [0.15, 0.2) is 0 Å². The summed E-state index contributed by atoms with van der Waals surface area (Å²) in [6, 6.07) is 8.15. The average molecular weight is 502 g/mol. The molecular weight excluding hydrogens is 462 g/mol. The molecule has 5 unspecified atom stereocenters. The van der Waals surface area contributed by atoms with E-state index in [0.717, 1.165) is 78.7 Å². The summed E-state index contributed by atoms with van der Waals surface area (Å²) < 4.78 is 12.1. The van der Waals surface area contributed by atoms with E-state index in [-0.39, 0.29) is 23.8 Å². The largest absolute Gasteiger partial charge is 0.497 e. The van der Waals surface area contributed by atoms with Crippen LogP contribution in [-0.4, -0.2) is 47.8 Å². The van der Waals surface area contributed by atoms with Gasteiger partial charge >= 0.3 is 6.09 Å². The molecule has 4 heterocycles. The number of amides is 1. The third-order valence-electron chi connectivity index (χ3n) is 10.4. The lowest BCUT2D eigenvalue weighted by Gasteiger charge is -2.56. The molecule has 2 aromatic rings. The van der Waals surface area contributed by atoms with E-state index in [1.54, 1.807) is 7.11 Å². The van der Waals surface area contributed by atoms with Crippen molar-refractivity contribution in [2.24, 2.45) is 29.6 Å². The number of carbonyl (C=O) groups is 1. The number of hydrogen-bond donors (Lipinski definition) is 1. The summed E-state index contributed by atoms with van der Waals surface area (Å²) >= 11 is 0. The number of alkyl carbamates (subject to hydrolysis) is 1. The Balaban J connectivity index is 1.21. The number of aromatic nitrogens is 1. The predicted octanol–water partition coefficient (Wildman–Crippen LogP) is 5.88. The van der Waals surface area contributed by atoms with E-state index in [1.165, 1.54) is 25.7 Å². The van der Waals surface area contributed by atoms with Crippen molar-refractivity contribution in [3.8, 4) is 5.75 Å². The number of piperidine rings is 3. The molecule has 3 saturated heterocycles. The van der Waals surface area contributed by atoms with Crippen LogP contribution in [0.3, 0.4) is 0 Å². The number of fused-ring (bicyclic) bond motifs is 4.